The molecule has 0 fully saturated rings. The molecule has 4 unspecified atom stereocenters. The summed E-state index contributed by atoms with van der Waals surface area (Å²) in [6.45, 7) is 13.1. The number of aliphatic hydroxyl groups excluding tert-OH is 1. The van der Waals surface area contributed by atoms with Gasteiger partial charge in [0.15, 0.2) is 0 Å². The molecule has 0 saturated heterocycles. The number of esters is 5. The molecule has 3 rings (SSSR count). The van der Waals surface area contributed by atoms with E-state index in [1.165, 1.54) is 13.8 Å². The van der Waals surface area contributed by atoms with Crippen LogP contribution in [0.3, 0.4) is 0 Å². The lowest BCUT2D eigenvalue weighted by atomic mass is 9.61. The molecule has 1 N–H and O–H groups in total. The summed E-state index contributed by atoms with van der Waals surface area (Å²) >= 11 is 0. The Bertz CT molecular complexity index is 1840. The van der Waals surface area contributed by atoms with Crippen molar-refractivity contribution in [3.8, 4) is 0 Å². The van der Waals surface area contributed by atoms with E-state index in [0.717, 1.165) is 40.5 Å². The van der Waals surface area contributed by atoms with Crippen molar-refractivity contribution in [3.05, 3.63) is 60.2 Å². The first-order valence-corrected chi connectivity index (χ1v) is 19.2. The molecule has 0 spiro atoms. The maximum Gasteiger partial charge on any atom is 0.377 e. The second-order valence-corrected chi connectivity index (χ2v) is 16.3. The minimum absolute atomic E-state index is 0.0529. The standard InChI is InChI=1S/C44H58O12/c1-10-12-21-52-39(50)43(8,25-41(5,6)37(48)53-23-29(3)45)27-44(9,40(51)56-28-55-36(47)30(4)46)26-42(7,11-2)38(49)54-24-35-33-19-15-13-17-31(33)22-32-18-14-16-20-34(32)35/h13-20,22,29,45H,10-12,21,23-28H2,1-9H3. The zero-order valence-electron chi connectivity index (χ0n) is 34.3. The third-order valence-electron chi connectivity index (χ3n) is 10.3. The van der Waals surface area contributed by atoms with Gasteiger partial charge in [-0.1, -0.05) is 68.8 Å². The summed E-state index contributed by atoms with van der Waals surface area (Å²) in [5.74, 6) is -4.94. The molecule has 0 radical (unpaired) electrons. The minimum Gasteiger partial charge on any atom is -0.465 e. The average Bonchev–Trinajstić information content (AvgIpc) is 3.14. The predicted molar refractivity (Wildman–Crippen MR) is 210 cm³/mol. The van der Waals surface area contributed by atoms with Crippen LogP contribution in [-0.2, 0) is 59.1 Å². The van der Waals surface area contributed by atoms with Crippen LogP contribution < -0.4 is 0 Å². The summed E-state index contributed by atoms with van der Waals surface area (Å²) < 4.78 is 27.4. The fraction of sp³-hybridized carbons (Fsp3) is 0.545. The number of carbonyl (C=O) groups excluding carboxylic acids is 6. The number of ketones is 1. The number of Topliss-reactive ketones (excluding diaryl/α,β-unsaturated/α-hetero) is 1. The van der Waals surface area contributed by atoms with Gasteiger partial charge in [-0.3, -0.25) is 24.0 Å². The Balaban J connectivity index is 2.05. The summed E-state index contributed by atoms with van der Waals surface area (Å²) in [6.07, 6.45) is 0.0293. The van der Waals surface area contributed by atoms with Crippen LogP contribution in [0.2, 0.25) is 0 Å². The number of unbranched alkanes of at least 4 members (excludes halogenated alkanes) is 1. The van der Waals surface area contributed by atoms with Crippen LogP contribution in [-0.4, -0.2) is 66.8 Å². The van der Waals surface area contributed by atoms with Crippen molar-refractivity contribution in [2.75, 3.05) is 20.0 Å². The monoisotopic (exact) mass is 778 g/mol. The number of fused-ring (bicyclic) bond motifs is 2. The highest BCUT2D eigenvalue weighted by Crippen LogP contribution is 2.50. The molecule has 0 aliphatic carbocycles. The Hall–Kier alpha value is -4.84. The number of hydrogen-bond acceptors (Lipinski definition) is 12. The number of benzene rings is 3. The van der Waals surface area contributed by atoms with Crippen molar-refractivity contribution >= 4 is 57.2 Å². The predicted octanol–water partition coefficient (Wildman–Crippen LogP) is 7.56. The van der Waals surface area contributed by atoms with Gasteiger partial charge in [0.1, 0.15) is 13.2 Å². The Morgan fingerprint density at radius 1 is 0.661 bits per heavy atom. The van der Waals surface area contributed by atoms with E-state index in [-0.39, 0.29) is 45.5 Å². The summed E-state index contributed by atoms with van der Waals surface area (Å²) in [5.41, 5.74) is -4.99. The fourth-order valence-corrected chi connectivity index (χ4v) is 7.39. The van der Waals surface area contributed by atoms with Gasteiger partial charge in [-0.25, -0.2) is 4.79 Å². The molecule has 0 saturated carbocycles. The SMILES string of the molecule is CCCCOC(=O)C(C)(CC(C)(C)C(=O)OCC(C)O)CC(C)(CC(C)(CC)C(=O)OCc1c2ccccc2cc2ccccc12)C(=O)OCOC(=O)C(C)=O. The lowest BCUT2D eigenvalue weighted by Gasteiger charge is -2.42. The van der Waals surface area contributed by atoms with Gasteiger partial charge in [-0.15, -0.1) is 0 Å². The van der Waals surface area contributed by atoms with E-state index in [2.05, 4.69) is 6.07 Å². The van der Waals surface area contributed by atoms with Crippen LogP contribution in [0.1, 0.15) is 106 Å². The third kappa shape index (κ3) is 11.6. The Labute approximate surface area is 329 Å². The normalized spacial score (nSPS) is 15.4. The van der Waals surface area contributed by atoms with E-state index in [9.17, 15) is 33.9 Å². The third-order valence-corrected chi connectivity index (χ3v) is 10.3. The lowest BCUT2D eigenvalue weighted by Crippen LogP contribution is -2.47. The van der Waals surface area contributed by atoms with Gasteiger partial charge in [0.25, 0.3) is 0 Å². The first-order valence-electron chi connectivity index (χ1n) is 19.2. The maximum absolute atomic E-state index is 14.3. The van der Waals surface area contributed by atoms with E-state index < -0.39 is 70.2 Å². The van der Waals surface area contributed by atoms with Crippen LogP contribution in [0.4, 0.5) is 0 Å². The average molecular weight is 779 g/mol. The number of ether oxygens (including phenoxy) is 5. The van der Waals surface area contributed by atoms with Crippen LogP contribution in [0.5, 0.6) is 0 Å². The van der Waals surface area contributed by atoms with E-state index >= 15 is 0 Å². The maximum atomic E-state index is 14.3. The van der Waals surface area contributed by atoms with Crippen molar-refractivity contribution in [3.63, 3.8) is 0 Å². The molecule has 12 nitrogen and oxygen atoms in total. The minimum atomic E-state index is -1.66. The summed E-state index contributed by atoms with van der Waals surface area (Å²) in [7, 11) is 0. The number of aliphatic hydroxyl groups is 1. The van der Waals surface area contributed by atoms with E-state index in [4.69, 9.17) is 23.7 Å². The van der Waals surface area contributed by atoms with E-state index in [0.29, 0.717) is 6.42 Å². The van der Waals surface area contributed by atoms with Gasteiger partial charge in [0.05, 0.1) is 34.4 Å². The number of hydrogen-bond donors (Lipinski definition) is 1. The van der Waals surface area contributed by atoms with Crippen LogP contribution >= 0.6 is 0 Å². The summed E-state index contributed by atoms with van der Waals surface area (Å²) in [5, 5.41) is 13.6. The van der Waals surface area contributed by atoms with Crippen molar-refractivity contribution in [1.29, 1.82) is 0 Å². The van der Waals surface area contributed by atoms with Crippen LogP contribution in [0.15, 0.2) is 54.6 Å². The fourth-order valence-electron chi connectivity index (χ4n) is 7.39. The van der Waals surface area contributed by atoms with E-state index in [1.807, 2.05) is 55.5 Å². The molecule has 3 aromatic rings. The molecular weight excluding hydrogens is 720 g/mol. The molecule has 0 aliphatic rings. The number of rotatable bonds is 21. The molecule has 0 bridgehead atoms. The van der Waals surface area contributed by atoms with Crippen LogP contribution in [0.25, 0.3) is 21.5 Å². The van der Waals surface area contributed by atoms with E-state index in [1.54, 1.807) is 34.6 Å². The van der Waals surface area contributed by atoms with Crippen molar-refractivity contribution in [1.82, 2.24) is 0 Å². The Morgan fingerprint density at radius 2 is 1.18 bits per heavy atom. The molecule has 0 aliphatic heterocycles. The molecule has 56 heavy (non-hydrogen) atoms. The quantitative estimate of drug-likeness (QED) is 0.0282. The Kier molecular flexibility index (Phi) is 15.7. The number of carbonyl (C=O) groups is 6. The van der Waals surface area contributed by atoms with Gasteiger partial charge in [-0.05, 0) is 101 Å². The zero-order valence-corrected chi connectivity index (χ0v) is 34.3. The molecule has 4 atom stereocenters. The van der Waals surface area contributed by atoms with Crippen molar-refractivity contribution in [2.24, 2.45) is 21.7 Å². The second-order valence-electron chi connectivity index (χ2n) is 16.3. The van der Waals surface area contributed by atoms with Gasteiger partial charge < -0.3 is 28.8 Å². The largest absolute Gasteiger partial charge is 0.465 e. The molecule has 306 valence electrons. The van der Waals surface area contributed by atoms with Gasteiger partial charge >= 0.3 is 29.8 Å². The van der Waals surface area contributed by atoms with Gasteiger partial charge in [0.2, 0.25) is 12.6 Å². The first kappa shape index (κ1) is 45.5. The highest BCUT2D eigenvalue weighted by Gasteiger charge is 2.53. The second kappa shape index (κ2) is 19.3. The van der Waals surface area contributed by atoms with Crippen molar-refractivity contribution < 1.29 is 57.6 Å². The molecule has 0 aromatic heterocycles. The van der Waals surface area contributed by atoms with Crippen molar-refractivity contribution in [2.45, 2.75) is 114 Å². The highest BCUT2D eigenvalue weighted by molar-refractivity contribution is 6.32. The highest BCUT2D eigenvalue weighted by atomic mass is 16.7. The lowest BCUT2D eigenvalue weighted by molar-refractivity contribution is -0.182. The molecule has 0 amide bonds. The first-order chi connectivity index (χ1) is 26.2. The molecule has 12 heteroatoms. The van der Waals surface area contributed by atoms with Gasteiger partial charge in [0, 0.05) is 12.5 Å². The smallest absolute Gasteiger partial charge is 0.377 e. The van der Waals surface area contributed by atoms with Gasteiger partial charge in [-0.2, -0.15) is 0 Å². The van der Waals surface area contributed by atoms with Crippen LogP contribution in [0, 0.1) is 21.7 Å². The zero-order chi connectivity index (χ0) is 41.9. The molecule has 0 heterocycles. The molecule has 3 aromatic carbocycles. The Morgan fingerprint density at radius 3 is 1.71 bits per heavy atom. The summed E-state index contributed by atoms with van der Waals surface area (Å²) in [4.78, 5) is 79.3. The summed E-state index contributed by atoms with van der Waals surface area (Å²) in [6, 6.07) is 17.7. The molecular formula is C44H58O12. The topological polar surface area (TPSA) is 169 Å².